The van der Waals surface area contributed by atoms with E-state index in [4.69, 9.17) is 0 Å². The van der Waals surface area contributed by atoms with Gasteiger partial charge in [-0.3, -0.25) is 0 Å². The van der Waals surface area contributed by atoms with Gasteiger partial charge in [0.1, 0.15) is 58.4 Å². The zero-order valence-corrected chi connectivity index (χ0v) is 27.9. The molecule has 2 aliphatic carbocycles. The van der Waals surface area contributed by atoms with Gasteiger partial charge in [-0.25, -0.2) is 0 Å². The Labute approximate surface area is 316 Å². The third-order valence-electron chi connectivity index (χ3n) is 8.17. The SMILES string of the molecule is N#CC(C#N)=C1C2=C(C(=C(C#N)C#N)c3cc(-c4cc(OC(F)(F)F)cc(OC(F)(F)F)c4)ccc32)c2ccc(-c3cc(OC(F)(F)F)cc(OC(F)(F)F)c3)cc21. The molecule has 0 unspecified atom stereocenters. The van der Waals surface area contributed by atoms with Crippen molar-refractivity contribution in [2.45, 2.75) is 25.4 Å². The third-order valence-corrected chi connectivity index (χ3v) is 8.17. The predicted molar refractivity (Wildman–Crippen MR) is 174 cm³/mol. The first-order valence-electron chi connectivity index (χ1n) is 15.5. The molecular formula is C38H12F12N4O4. The van der Waals surface area contributed by atoms with Crippen molar-refractivity contribution in [1.29, 1.82) is 21.0 Å². The first-order valence-corrected chi connectivity index (χ1v) is 15.5. The van der Waals surface area contributed by atoms with Gasteiger partial charge in [0, 0.05) is 34.4 Å². The van der Waals surface area contributed by atoms with Crippen molar-refractivity contribution in [3.05, 3.63) is 106 Å². The van der Waals surface area contributed by atoms with Crippen LogP contribution in [0, 0.1) is 45.3 Å². The minimum Gasteiger partial charge on any atom is -0.406 e. The molecule has 0 amide bonds. The minimum atomic E-state index is -5.34. The van der Waals surface area contributed by atoms with Crippen LogP contribution in [0.3, 0.4) is 0 Å². The molecule has 0 saturated heterocycles. The molecule has 0 radical (unpaired) electrons. The van der Waals surface area contributed by atoms with E-state index in [0.717, 1.165) is 24.3 Å². The van der Waals surface area contributed by atoms with Crippen LogP contribution in [0.5, 0.6) is 23.0 Å². The molecule has 0 spiro atoms. The average Bonchev–Trinajstić information content (AvgIpc) is 3.58. The van der Waals surface area contributed by atoms with E-state index in [9.17, 15) is 73.7 Å². The molecule has 0 saturated carbocycles. The van der Waals surface area contributed by atoms with Gasteiger partial charge >= 0.3 is 25.4 Å². The van der Waals surface area contributed by atoms with E-state index >= 15 is 0 Å². The Bertz CT molecular complexity index is 2390. The van der Waals surface area contributed by atoms with E-state index in [2.05, 4.69) is 18.9 Å². The maximum atomic E-state index is 13.1. The van der Waals surface area contributed by atoms with Crippen LogP contribution in [0.2, 0.25) is 0 Å². The summed E-state index contributed by atoms with van der Waals surface area (Å²) in [7, 11) is 0. The fourth-order valence-corrected chi connectivity index (χ4v) is 6.40. The van der Waals surface area contributed by atoms with E-state index in [1.807, 2.05) is 0 Å². The van der Waals surface area contributed by atoms with Crippen molar-refractivity contribution < 1.29 is 71.6 Å². The molecule has 58 heavy (non-hydrogen) atoms. The molecule has 0 bridgehead atoms. The van der Waals surface area contributed by atoms with Gasteiger partial charge in [0.2, 0.25) is 0 Å². The number of rotatable bonds is 6. The summed E-state index contributed by atoms with van der Waals surface area (Å²) in [5.41, 5.74) is -2.06. The first-order chi connectivity index (χ1) is 27.0. The molecule has 4 aromatic rings. The van der Waals surface area contributed by atoms with E-state index < -0.39 is 59.6 Å². The van der Waals surface area contributed by atoms with Crippen LogP contribution in [0.15, 0.2) is 83.9 Å². The molecule has 8 nitrogen and oxygen atoms in total. The molecule has 0 heterocycles. The second kappa shape index (κ2) is 14.2. The summed E-state index contributed by atoms with van der Waals surface area (Å²) in [4.78, 5) is 0. The van der Waals surface area contributed by atoms with Gasteiger partial charge in [-0.2, -0.15) is 21.0 Å². The molecule has 0 aromatic heterocycles. The topological polar surface area (TPSA) is 132 Å². The van der Waals surface area contributed by atoms with Crippen molar-refractivity contribution >= 4 is 22.3 Å². The first kappa shape index (κ1) is 40.1. The molecule has 6 rings (SSSR count). The molecule has 4 aromatic carbocycles. The monoisotopic (exact) mass is 816 g/mol. The van der Waals surface area contributed by atoms with Gasteiger partial charge in [0.25, 0.3) is 0 Å². The highest BCUT2D eigenvalue weighted by molar-refractivity contribution is 6.38. The summed E-state index contributed by atoms with van der Waals surface area (Å²) in [5, 5.41) is 40.1. The smallest absolute Gasteiger partial charge is 0.406 e. The number of alkyl halides is 12. The van der Waals surface area contributed by atoms with Gasteiger partial charge in [-0.15, -0.1) is 52.7 Å². The van der Waals surface area contributed by atoms with Crippen LogP contribution in [0.1, 0.15) is 22.3 Å². The number of benzene rings is 4. The number of halogens is 12. The molecule has 0 fully saturated rings. The zero-order valence-electron chi connectivity index (χ0n) is 27.9. The van der Waals surface area contributed by atoms with Gasteiger partial charge in [-0.05, 0) is 80.9 Å². The number of fused-ring (bicyclic) bond motifs is 4. The van der Waals surface area contributed by atoms with Gasteiger partial charge < -0.3 is 18.9 Å². The summed E-state index contributed by atoms with van der Waals surface area (Å²) < 4.78 is 173. The second-order valence-electron chi connectivity index (χ2n) is 11.8. The molecule has 2 aliphatic rings. The molecular weight excluding hydrogens is 804 g/mol. The second-order valence-corrected chi connectivity index (χ2v) is 11.8. The normalized spacial score (nSPS) is 13.3. The fourth-order valence-electron chi connectivity index (χ4n) is 6.40. The Kier molecular flexibility index (Phi) is 9.80. The van der Waals surface area contributed by atoms with E-state index in [1.54, 1.807) is 24.3 Å². The van der Waals surface area contributed by atoms with Crippen LogP contribution < -0.4 is 18.9 Å². The Morgan fingerprint density at radius 2 is 0.638 bits per heavy atom. The number of hydrogen-bond donors (Lipinski definition) is 0. The Hall–Kier alpha value is -7.58. The predicted octanol–water partition coefficient (Wildman–Crippen LogP) is 11.2. The van der Waals surface area contributed by atoms with E-state index in [0.29, 0.717) is 12.1 Å². The Morgan fingerprint density at radius 3 is 0.879 bits per heavy atom. The number of hydrogen-bond acceptors (Lipinski definition) is 8. The van der Waals surface area contributed by atoms with E-state index in [1.165, 1.54) is 36.4 Å². The summed E-state index contributed by atoms with van der Waals surface area (Å²) in [5.74, 6) is -4.42. The summed E-state index contributed by atoms with van der Waals surface area (Å²) in [6.07, 6.45) is -21.4. The summed E-state index contributed by atoms with van der Waals surface area (Å²) >= 11 is 0. The number of allylic oxidation sites excluding steroid dienone is 6. The van der Waals surface area contributed by atoms with Crippen LogP contribution in [-0.2, 0) is 0 Å². The maximum Gasteiger partial charge on any atom is 0.573 e. The lowest BCUT2D eigenvalue weighted by Gasteiger charge is -2.17. The highest BCUT2D eigenvalue weighted by Gasteiger charge is 2.41. The molecule has 0 N–H and O–H groups in total. The van der Waals surface area contributed by atoms with Crippen molar-refractivity contribution in [3.8, 4) is 69.5 Å². The van der Waals surface area contributed by atoms with Crippen LogP contribution in [0.4, 0.5) is 52.7 Å². The summed E-state index contributed by atoms with van der Waals surface area (Å²) in [6.45, 7) is 0. The Balaban J connectivity index is 1.56. The fraction of sp³-hybridized carbons (Fsp3) is 0.105. The van der Waals surface area contributed by atoms with Crippen LogP contribution in [-0.4, -0.2) is 25.4 Å². The van der Waals surface area contributed by atoms with Crippen molar-refractivity contribution in [2.24, 2.45) is 0 Å². The minimum absolute atomic E-state index is 0.00516. The highest BCUT2D eigenvalue weighted by Crippen LogP contribution is 2.60. The molecule has 0 atom stereocenters. The molecule has 292 valence electrons. The van der Waals surface area contributed by atoms with Gasteiger partial charge in [0.15, 0.2) is 0 Å². The maximum absolute atomic E-state index is 13.1. The third kappa shape index (κ3) is 8.32. The van der Waals surface area contributed by atoms with Crippen molar-refractivity contribution in [2.75, 3.05) is 0 Å². The highest BCUT2D eigenvalue weighted by atomic mass is 19.4. The van der Waals surface area contributed by atoms with Crippen molar-refractivity contribution in [1.82, 2.24) is 0 Å². The largest absolute Gasteiger partial charge is 0.573 e. The lowest BCUT2D eigenvalue weighted by atomic mass is 9.87. The zero-order chi connectivity index (χ0) is 42.5. The molecule has 0 aliphatic heterocycles. The number of nitrogens with zero attached hydrogens (tertiary/aromatic N) is 4. The van der Waals surface area contributed by atoms with Gasteiger partial charge in [0.05, 0.1) is 0 Å². The van der Waals surface area contributed by atoms with Gasteiger partial charge in [-0.1, -0.05) is 24.3 Å². The van der Waals surface area contributed by atoms with Crippen molar-refractivity contribution in [3.63, 3.8) is 0 Å². The van der Waals surface area contributed by atoms with E-state index in [-0.39, 0.29) is 66.8 Å². The standard InChI is InChI=1S/C38H12F12N4O4/c39-35(40,41)55-23-5-19(6-24(11-23)56-36(42,43)44)17-1-3-27-29(9-17)31(21(13-51)14-52)34-28-4-2-18(10-30(28)32(33(27)34)22(15-53)16-54)20-7-25(57-37(45,46)47)12-26(8-20)58-38(48,49)50/h1-12H. The molecule has 20 heteroatoms. The lowest BCUT2D eigenvalue weighted by Crippen LogP contribution is -2.19. The number of ether oxygens (including phenoxy) is 4. The Morgan fingerprint density at radius 1 is 0.362 bits per heavy atom. The van der Waals surface area contributed by atoms with Crippen LogP contribution >= 0.6 is 0 Å². The quantitative estimate of drug-likeness (QED) is 0.139. The number of nitriles is 4. The van der Waals surface area contributed by atoms with Crippen LogP contribution in [0.25, 0.3) is 44.5 Å². The summed E-state index contributed by atoms with van der Waals surface area (Å²) in [6, 6.07) is 17.8. The lowest BCUT2D eigenvalue weighted by molar-refractivity contribution is -0.278. The average molecular weight is 817 g/mol.